The van der Waals surface area contributed by atoms with Gasteiger partial charge in [-0.3, -0.25) is 4.90 Å². The standard InChI is InChI=1S/C28H35ClF3N7O2/c1-3-37-15-20(40-2)13-19(37)17-41-27-35-23-16-38(24-6-4-5-22(29)25(24)28(30,31)32)11-8-21(23)26(36-27)39-12-10-34-18(14-39)7-9-33/h4-6,18-20,34H,3,7-8,10-17H2,1-2H3/t18-,19-,20+/m0/s1. The minimum absolute atomic E-state index is 0.00722. The summed E-state index contributed by atoms with van der Waals surface area (Å²) in [6.07, 6.45) is -2.80. The van der Waals surface area contributed by atoms with Gasteiger partial charge in [-0.1, -0.05) is 24.6 Å². The van der Waals surface area contributed by atoms with E-state index in [0.717, 1.165) is 30.9 Å². The summed E-state index contributed by atoms with van der Waals surface area (Å²) in [5, 5.41) is 12.3. The topological polar surface area (TPSA) is 89.8 Å². The van der Waals surface area contributed by atoms with Crippen molar-refractivity contribution < 1.29 is 22.6 Å². The van der Waals surface area contributed by atoms with Crippen LogP contribution in [0.15, 0.2) is 18.2 Å². The molecule has 5 rings (SSSR count). The molecule has 41 heavy (non-hydrogen) atoms. The van der Waals surface area contributed by atoms with Crippen LogP contribution in [0, 0.1) is 11.3 Å². The number of hydrogen-bond donors (Lipinski definition) is 1. The second-order valence-electron chi connectivity index (χ2n) is 10.7. The van der Waals surface area contributed by atoms with Crippen molar-refractivity contribution in [3.63, 3.8) is 0 Å². The lowest BCUT2D eigenvalue weighted by molar-refractivity contribution is -0.137. The van der Waals surface area contributed by atoms with Crippen LogP contribution in [-0.2, 0) is 23.9 Å². The zero-order valence-corrected chi connectivity index (χ0v) is 24.0. The lowest BCUT2D eigenvalue weighted by Crippen LogP contribution is -2.51. The van der Waals surface area contributed by atoms with Gasteiger partial charge in [0.05, 0.1) is 47.1 Å². The SMILES string of the molecule is CCN1C[C@H](OC)C[C@H]1COc1nc2c(c(N3CCN[C@@H](CC#N)C3)n1)CCN(c1cccc(Cl)c1C(F)(F)F)C2. The normalized spacial score (nSPS) is 23.4. The number of likely N-dealkylation sites (N-methyl/N-ethyl adjacent to an activating group) is 1. The number of nitrogens with one attached hydrogen (secondary N) is 1. The minimum Gasteiger partial charge on any atom is -0.462 e. The van der Waals surface area contributed by atoms with E-state index in [1.54, 1.807) is 12.0 Å². The molecule has 0 amide bonds. The van der Waals surface area contributed by atoms with Gasteiger partial charge in [0.15, 0.2) is 0 Å². The molecule has 2 aromatic rings. The Morgan fingerprint density at radius 2 is 2.02 bits per heavy atom. The summed E-state index contributed by atoms with van der Waals surface area (Å²) in [5.41, 5.74) is 0.723. The molecule has 1 N–H and O–H groups in total. The summed E-state index contributed by atoms with van der Waals surface area (Å²) < 4.78 is 53.7. The zero-order chi connectivity index (χ0) is 29.1. The van der Waals surface area contributed by atoms with E-state index in [2.05, 4.69) is 28.1 Å². The fourth-order valence-corrected chi connectivity index (χ4v) is 6.36. The highest BCUT2D eigenvalue weighted by Gasteiger charge is 2.39. The van der Waals surface area contributed by atoms with Crippen molar-refractivity contribution in [1.82, 2.24) is 20.2 Å². The number of anilines is 2. The van der Waals surface area contributed by atoms with E-state index in [0.29, 0.717) is 51.3 Å². The Balaban J connectivity index is 1.46. The second-order valence-corrected chi connectivity index (χ2v) is 11.1. The average Bonchev–Trinajstić information content (AvgIpc) is 3.37. The van der Waals surface area contributed by atoms with E-state index < -0.39 is 11.7 Å². The first-order chi connectivity index (χ1) is 19.7. The number of hydrogen-bond acceptors (Lipinski definition) is 9. The second kappa shape index (κ2) is 12.6. The third kappa shape index (κ3) is 6.48. The number of methoxy groups -OCH3 is 1. The van der Waals surface area contributed by atoms with Crippen molar-refractivity contribution in [2.75, 3.05) is 62.8 Å². The molecule has 0 unspecified atom stereocenters. The summed E-state index contributed by atoms with van der Waals surface area (Å²) in [4.78, 5) is 15.7. The molecule has 0 spiro atoms. The van der Waals surface area contributed by atoms with Crippen molar-refractivity contribution in [1.29, 1.82) is 5.26 Å². The number of ether oxygens (including phenoxy) is 2. The first-order valence-corrected chi connectivity index (χ1v) is 14.3. The number of benzene rings is 1. The number of likely N-dealkylation sites (tertiary alicyclic amines) is 1. The van der Waals surface area contributed by atoms with Crippen LogP contribution in [0.4, 0.5) is 24.7 Å². The molecule has 0 bridgehead atoms. The van der Waals surface area contributed by atoms with Crippen LogP contribution in [0.2, 0.25) is 5.02 Å². The molecule has 2 saturated heterocycles. The first-order valence-electron chi connectivity index (χ1n) is 14.0. The van der Waals surface area contributed by atoms with E-state index in [4.69, 9.17) is 31.0 Å². The van der Waals surface area contributed by atoms with Gasteiger partial charge in [0.1, 0.15) is 12.4 Å². The van der Waals surface area contributed by atoms with Crippen LogP contribution in [0.3, 0.4) is 0 Å². The van der Waals surface area contributed by atoms with E-state index in [1.807, 2.05) is 0 Å². The van der Waals surface area contributed by atoms with Crippen LogP contribution in [-0.4, -0.2) is 86.0 Å². The van der Waals surface area contributed by atoms with Crippen LogP contribution in [0.25, 0.3) is 0 Å². The Kier molecular flexibility index (Phi) is 9.09. The van der Waals surface area contributed by atoms with E-state index in [9.17, 15) is 18.4 Å². The van der Waals surface area contributed by atoms with E-state index in [1.165, 1.54) is 18.2 Å². The van der Waals surface area contributed by atoms with Gasteiger partial charge >= 0.3 is 12.2 Å². The lowest BCUT2D eigenvalue weighted by Gasteiger charge is -2.37. The molecule has 13 heteroatoms. The highest BCUT2D eigenvalue weighted by molar-refractivity contribution is 6.31. The molecule has 2 fully saturated rings. The molecule has 1 aromatic carbocycles. The molecule has 9 nitrogen and oxygen atoms in total. The maximum absolute atomic E-state index is 14.0. The molecule has 4 heterocycles. The number of halogens is 4. The third-order valence-corrected chi connectivity index (χ3v) is 8.48. The third-order valence-electron chi connectivity index (χ3n) is 8.17. The molecular weight excluding hydrogens is 559 g/mol. The fourth-order valence-electron chi connectivity index (χ4n) is 6.08. The highest BCUT2D eigenvalue weighted by Crippen LogP contribution is 2.43. The van der Waals surface area contributed by atoms with Gasteiger partial charge in [-0.05, 0) is 31.5 Å². The van der Waals surface area contributed by atoms with Crippen LogP contribution in [0.1, 0.15) is 36.6 Å². The fraction of sp³-hybridized carbons (Fsp3) is 0.607. The smallest absolute Gasteiger partial charge is 0.419 e. The molecule has 0 radical (unpaired) electrons. The molecule has 1 aromatic heterocycles. The monoisotopic (exact) mass is 593 g/mol. The van der Waals surface area contributed by atoms with Crippen LogP contribution >= 0.6 is 11.6 Å². The van der Waals surface area contributed by atoms with Crippen molar-refractivity contribution >= 4 is 23.1 Å². The predicted octanol–water partition coefficient (Wildman–Crippen LogP) is 3.89. The number of rotatable bonds is 8. The van der Waals surface area contributed by atoms with Crippen molar-refractivity contribution in [3.05, 3.63) is 40.0 Å². The zero-order valence-electron chi connectivity index (χ0n) is 23.3. The van der Waals surface area contributed by atoms with E-state index in [-0.39, 0.29) is 41.5 Å². The van der Waals surface area contributed by atoms with Gasteiger partial charge < -0.3 is 24.6 Å². The number of nitrogens with zero attached hydrogens (tertiary/aromatic N) is 6. The molecule has 222 valence electrons. The van der Waals surface area contributed by atoms with Crippen LogP contribution < -0.4 is 19.9 Å². The first kappa shape index (κ1) is 29.6. The summed E-state index contributed by atoms with van der Waals surface area (Å²) in [5.74, 6) is 0.727. The molecule has 3 aliphatic heterocycles. The summed E-state index contributed by atoms with van der Waals surface area (Å²) in [6, 6.07) is 6.81. The van der Waals surface area contributed by atoms with Gasteiger partial charge in [-0.15, -0.1) is 0 Å². The summed E-state index contributed by atoms with van der Waals surface area (Å²) in [7, 11) is 1.71. The summed E-state index contributed by atoms with van der Waals surface area (Å²) >= 11 is 6.03. The Bertz CT molecular complexity index is 1270. The Hall–Kier alpha value is -2.85. The molecule has 3 atom stereocenters. The average molecular weight is 594 g/mol. The maximum Gasteiger partial charge on any atom is 0.419 e. The quantitative estimate of drug-likeness (QED) is 0.490. The van der Waals surface area contributed by atoms with Gasteiger partial charge in [-0.25, -0.2) is 0 Å². The number of piperazine rings is 1. The maximum atomic E-state index is 14.0. The van der Waals surface area contributed by atoms with Crippen molar-refractivity contribution in [3.8, 4) is 12.1 Å². The Morgan fingerprint density at radius 3 is 2.76 bits per heavy atom. The number of alkyl halides is 3. The van der Waals surface area contributed by atoms with Crippen LogP contribution in [0.5, 0.6) is 6.01 Å². The molecular formula is C28H35ClF3N7O2. The number of aromatic nitrogens is 2. The molecule has 0 aliphatic carbocycles. The predicted molar refractivity (Wildman–Crippen MR) is 149 cm³/mol. The van der Waals surface area contributed by atoms with Gasteiger partial charge in [0, 0.05) is 57.5 Å². The highest BCUT2D eigenvalue weighted by atomic mass is 35.5. The number of nitriles is 1. The van der Waals surface area contributed by atoms with Crippen molar-refractivity contribution in [2.45, 2.75) is 57.1 Å². The lowest BCUT2D eigenvalue weighted by atomic mass is 10.0. The summed E-state index contributed by atoms with van der Waals surface area (Å²) in [6.45, 7) is 6.65. The minimum atomic E-state index is -4.60. The number of fused-ring (bicyclic) bond motifs is 1. The van der Waals surface area contributed by atoms with Crippen molar-refractivity contribution in [2.24, 2.45) is 0 Å². The van der Waals surface area contributed by atoms with Gasteiger partial charge in [0.25, 0.3) is 0 Å². The molecule has 3 aliphatic rings. The molecule has 0 saturated carbocycles. The Labute approximate surface area is 243 Å². The Morgan fingerprint density at radius 1 is 1.20 bits per heavy atom. The van der Waals surface area contributed by atoms with Gasteiger partial charge in [-0.2, -0.15) is 28.4 Å². The van der Waals surface area contributed by atoms with Gasteiger partial charge in [0.2, 0.25) is 0 Å². The largest absolute Gasteiger partial charge is 0.462 e. The van der Waals surface area contributed by atoms with E-state index >= 15 is 0 Å².